The van der Waals surface area contributed by atoms with Crippen molar-refractivity contribution < 1.29 is 34.7 Å². The van der Waals surface area contributed by atoms with Crippen LogP contribution >= 0.6 is 0 Å². The third-order valence-corrected chi connectivity index (χ3v) is 7.60. The molecule has 10 heteroatoms. The van der Waals surface area contributed by atoms with Gasteiger partial charge in [-0.3, -0.25) is 8.37 Å². The zero-order valence-corrected chi connectivity index (χ0v) is 20.9. The number of carbonyl (C=O) groups excluding carboxylic acids is 1. The van der Waals surface area contributed by atoms with E-state index in [0.717, 1.165) is 11.1 Å². The lowest BCUT2D eigenvalue weighted by atomic mass is 10.2. The molecular weight excluding hydrogens is 492 g/mol. The summed E-state index contributed by atoms with van der Waals surface area (Å²) in [6, 6.07) is 20.3. The van der Waals surface area contributed by atoms with Crippen LogP contribution in [-0.4, -0.2) is 35.5 Å². The summed E-state index contributed by atoms with van der Waals surface area (Å²) in [6.45, 7) is 3.36. The van der Waals surface area contributed by atoms with Crippen molar-refractivity contribution in [1.29, 1.82) is 0 Å². The van der Waals surface area contributed by atoms with E-state index >= 15 is 0 Å². The van der Waals surface area contributed by atoms with Crippen molar-refractivity contribution in [2.75, 3.05) is 6.61 Å². The molecule has 0 aliphatic heterocycles. The molecule has 0 aliphatic rings. The van der Waals surface area contributed by atoms with Gasteiger partial charge in [-0.15, -0.1) is 0 Å². The molecule has 0 spiro atoms. The van der Waals surface area contributed by atoms with Crippen molar-refractivity contribution in [2.45, 2.75) is 42.6 Å². The smallest absolute Gasteiger partial charge is 0.342 e. The highest BCUT2D eigenvalue weighted by atomic mass is 32.2. The fraction of sp³-hybridized carbons (Fsp3) is 0.240. The summed E-state index contributed by atoms with van der Waals surface area (Å²) in [5.74, 6) is -0.703. The number of ether oxygens (including phenoxy) is 1. The Labute approximate surface area is 205 Å². The molecule has 1 atom stereocenters. The number of esters is 1. The van der Waals surface area contributed by atoms with Gasteiger partial charge in [-0.1, -0.05) is 53.6 Å². The van der Waals surface area contributed by atoms with E-state index in [2.05, 4.69) is 0 Å². The standard InChI is InChI=1S/C25H26O8S2/c1-19-10-14-22(15-11-19)34(27,28)31-18-6-9-24(25(26)32-21-7-4-3-5-8-21)33-35(29,30)23-16-12-20(2)13-17-23/h3-5,7-8,10-17,24H,6,9,18H2,1-2H3. The molecule has 0 heterocycles. The van der Waals surface area contributed by atoms with Gasteiger partial charge in [0, 0.05) is 0 Å². The van der Waals surface area contributed by atoms with Gasteiger partial charge in [0.05, 0.1) is 16.4 Å². The number of para-hydroxylation sites is 1. The maximum Gasteiger partial charge on any atom is 0.342 e. The van der Waals surface area contributed by atoms with E-state index in [-0.39, 0.29) is 35.0 Å². The number of aryl methyl sites for hydroxylation is 2. The minimum Gasteiger partial charge on any atom is -0.425 e. The largest absolute Gasteiger partial charge is 0.425 e. The van der Waals surface area contributed by atoms with Crippen molar-refractivity contribution in [3.63, 3.8) is 0 Å². The monoisotopic (exact) mass is 518 g/mol. The van der Waals surface area contributed by atoms with Crippen molar-refractivity contribution in [3.05, 3.63) is 90.0 Å². The Morgan fingerprint density at radius 2 is 1.26 bits per heavy atom. The van der Waals surface area contributed by atoms with Gasteiger partial charge in [0.1, 0.15) is 5.75 Å². The van der Waals surface area contributed by atoms with Crippen molar-refractivity contribution >= 4 is 26.2 Å². The Hall–Kier alpha value is -3.05. The van der Waals surface area contributed by atoms with Crippen LogP contribution in [0.5, 0.6) is 5.75 Å². The summed E-state index contributed by atoms with van der Waals surface area (Å²) in [5.41, 5.74) is 1.76. The van der Waals surface area contributed by atoms with Crippen LogP contribution in [0.15, 0.2) is 88.7 Å². The highest BCUT2D eigenvalue weighted by Gasteiger charge is 2.29. The van der Waals surface area contributed by atoms with Crippen LogP contribution in [0.3, 0.4) is 0 Å². The molecule has 3 aromatic rings. The molecule has 0 N–H and O–H groups in total. The minimum absolute atomic E-state index is 0.00124. The van der Waals surface area contributed by atoms with Crippen molar-refractivity contribution in [1.82, 2.24) is 0 Å². The summed E-state index contributed by atoms with van der Waals surface area (Å²) in [5, 5.41) is 0. The second kappa shape index (κ2) is 11.6. The average Bonchev–Trinajstić information content (AvgIpc) is 2.82. The summed E-state index contributed by atoms with van der Waals surface area (Å²) in [4.78, 5) is 12.6. The topological polar surface area (TPSA) is 113 Å². The number of rotatable bonds is 11. The number of carbonyl (C=O) groups is 1. The van der Waals surface area contributed by atoms with Gasteiger partial charge in [-0.05, 0) is 63.1 Å². The lowest BCUT2D eigenvalue weighted by Crippen LogP contribution is -2.31. The third-order valence-electron chi connectivity index (χ3n) is 4.94. The van der Waals surface area contributed by atoms with Crippen LogP contribution in [0.1, 0.15) is 24.0 Å². The van der Waals surface area contributed by atoms with Crippen LogP contribution in [0, 0.1) is 13.8 Å². The Bertz CT molecular complexity index is 1330. The predicted octanol–water partition coefficient (Wildman–Crippen LogP) is 4.17. The van der Waals surface area contributed by atoms with Crippen molar-refractivity contribution in [2.24, 2.45) is 0 Å². The van der Waals surface area contributed by atoms with E-state index < -0.39 is 32.3 Å². The second-order valence-corrected chi connectivity index (χ2v) is 11.0. The predicted molar refractivity (Wildman–Crippen MR) is 129 cm³/mol. The molecule has 0 saturated carbocycles. The van der Waals surface area contributed by atoms with Gasteiger partial charge in [0.15, 0.2) is 6.10 Å². The minimum atomic E-state index is -4.29. The molecule has 8 nitrogen and oxygen atoms in total. The molecule has 35 heavy (non-hydrogen) atoms. The fourth-order valence-corrected chi connectivity index (χ4v) is 5.00. The van der Waals surface area contributed by atoms with E-state index in [0.29, 0.717) is 0 Å². The summed E-state index contributed by atoms with van der Waals surface area (Å²) in [7, 11) is -8.29. The van der Waals surface area contributed by atoms with E-state index in [1.54, 1.807) is 54.6 Å². The first-order chi connectivity index (χ1) is 16.6. The van der Waals surface area contributed by atoms with Crippen LogP contribution in [0.2, 0.25) is 0 Å². The first kappa shape index (κ1) is 26.6. The van der Waals surface area contributed by atoms with Gasteiger partial charge in [-0.25, -0.2) is 4.79 Å². The summed E-state index contributed by atoms with van der Waals surface area (Å²) < 4.78 is 65.8. The van der Waals surface area contributed by atoms with Crippen LogP contribution < -0.4 is 4.74 Å². The zero-order valence-electron chi connectivity index (χ0n) is 19.3. The van der Waals surface area contributed by atoms with Crippen molar-refractivity contribution in [3.8, 4) is 5.75 Å². The van der Waals surface area contributed by atoms with E-state index in [9.17, 15) is 21.6 Å². The maximum absolute atomic E-state index is 12.8. The number of hydrogen-bond donors (Lipinski definition) is 0. The lowest BCUT2D eigenvalue weighted by molar-refractivity contribution is -0.142. The molecular formula is C25H26O8S2. The number of hydrogen-bond acceptors (Lipinski definition) is 8. The molecule has 1 unspecified atom stereocenters. The molecule has 0 saturated heterocycles. The third kappa shape index (κ3) is 7.72. The first-order valence-electron chi connectivity index (χ1n) is 10.8. The van der Waals surface area contributed by atoms with E-state index in [1.165, 1.54) is 24.3 Å². The summed E-state index contributed by atoms with van der Waals surface area (Å²) in [6.07, 6.45) is -1.64. The van der Waals surface area contributed by atoms with Gasteiger partial charge < -0.3 is 4.74 Å². The lowest BCUT2D eigenvalue weighted by Gasteiger charge is -2.17. The SMILES string of the molecule is Cc1ccc(S(=O)(=O)OCCCC(OS(=O)(=O)c2ccc(C)cc2)C(=O)Oc2ccccc2)cc1. The summed E-state index contributed by atoms with van der Waals surface area (Å²) >= 11 is 0. The molecule has 0 bridgehead atoms. The van der Waals surface area contributed by atoms with Gasteiger partial charge >= 0.3 is 5.97 Å². The van der Waals surface area contributed by atoms with Crippen LogP contribution in [0.25, 0.3) is 0 Å². The fourth-order valence-electron chi connectivity index (χ4n) is 3.00. The highest BCUT2D eigenvalue weighted by Crippen LogP contribution is 2.20. The normalized spacial score (nSPS) is 12.7. The molecule has 186 valence electrons. The molecule has 3 aromatic carbocycles. The van der Waals surface area contributed by atoms with Gasteiger partial charge in [0.25, 0.3) is 20.2 Å². The molecule has 0 amide bonds. The molecule has 0 aliphatic carbocycles. The van der Waals surface area contributed by atoms with E-state index in [4.69, 9.17) is 13.1 Å². The first-order valence-corrected chi connectivity index (χ1v) is 13.6. The van der Waals surface area contributed by atoms with Crippen LogP contribution in [0.4, 0.5) is 0 Å². The van der Waals surface area contributed by atoms with Crippen LogP contribution in [-0.2, 0) is 33.4 Å². The molecule has 0 aromatic heterocycles. The quantitative estimate of drug-likeness (QED) is 0.161. The van der Waals surface area contributed by atoms with Gasteiger partial charge in [-0.2, -0.15) is 16.8 Å². The Balaban J connectivity index is 1.69. The maximum atomic E-state index is 12.8. The molecule has 3 rings (SSSR count). The number of benzene rings is 3. The zero-order chi connectivity index (χ0) is 25.5. The Morgan fingerprint density at radius 3 is 1.80 bits per heavy atom. The molecule has 0 fully saturated rings. The van der Waals surface area contributed by atoms with E-state index in [1.807, 2.05) is 13.8 Å². The molecule has 0 radical (unpaired) electrons. The Kier molecular flexibility index (Phi) is 8.79. The second-order valence-electron chi connectivity index (χ2n) is 7.82. The average molecular weight is 519 g/mol. The highest BCUT2D eigenvalue weighted by molar-refractivity contribution is 7.87. The Morgan fingerprint density at radius 1 is 0.743 bits per heavy atom. The van der Waals surface area contributed by atoms with Gasteiger partial charge in [0.2, 0.25) is 0 Å².